The SMILES string of the molecule is [C-]#[N+]c1cc(Cl)cc(Oc2c(Cl)c(Cl)c[nH]c2=O)c1. The van der Waals surface area contributed by atoms with E-state index in [4.69, 9.17) is 46.1 Å². The van der Waals surface area contributed by atoms with E-state index in [0.717, 1.165) is 0 Å². The Kier molecular flexibility index (Phi) is 4.01. The number of H-pyrrole nitrogens is 1. The highest BCUT2D eigenvalue weighted by atomic mass is 35.5. The van der Waals surface area contributed by atoms with Crippen molar-refractivity contribution in [2.75, 3.05) is 0 Å². The Morgan fingerprint density at radius 2 is 1.95 bits per heavy atom. The zero-order valence-corrected chi connectivity index (χ0v) is 11.5. The topological polar surface area (TPSA) is 46.5 Å². The van der Waals surface area contributed by atoms with Gasteiger partial charge in [0.2, 0.25) is 5.75 Å². The van der Waals surface area contributed by atoms with Crippen LogP contribution in [0, 0.1) is 6.57 Å². The maximum absolute atomic E-state index is 11.6. The third-order valence-electron chi connectivity index (χ3n) is 2.15. The van der Waals surface area contributed by atoms with Crippen molar-refractivity contribution in [1.82, 2.24) is 4.98 Å². The fraction of sp³-hybridized carbons (Fsp3) is 0. The zero-order valence-electron chi connectivity index (χ0n) is 9.21. The molecule has 1 aromatic carbocycles. The molecule has 2 rings (SSSR count). The van der Waals surface area contributed by atoms with E-state index in [2.05, 4.69) is 9.83 Å². The van der Waals surface area contributed by atoms with Gasteiger partial charge in [-0.15, -0.1) is 0 Å². The van der Waals surface area contributed by atoms with Gasteiger partial charge in [0, 0.05) is 11.2 Å². The molecular weight excluding hydrogens is 311 g/mol. The first-order valence-electron chi connectivity index (χ1n) is 4.94. The fourth-order valence-electron chi connectivity index (χ4n) is 1.35. The molecule has 0 atom stereocenters. The number of pyridine rings is 1. The Bertz CT molecular complexity index is 735. The molecule has 2 aromatic rings. The summed E-state index contributed by atoms with van der Waals surface area (Å²) in [4.78, 5) is 17.2. The minimum absolute atomic E-state index is 0.00486. The number of nitrogens with one attached hydrogen (secondary N) is 1. The number of benzene rings is 1. The van der Waals surface area contributed by atoms with E-state index in [1.165, 1.54) is 24.4 Å². The molecule has 1 aromatic heterocycles. The number of aromatic amines is 1. The van der Waals surface area contributed by atoms with Crippen molar-refractivity contribution in [1.29, 1.82) is 0 Å². The molecule has 4 nitrogen and oxygen atoms in total. The first kappa shape index (κ1) is 13.8. The van der Waals surface area contributed by atoms with E-state index in [9.17, 15) is 4.79 Å². The average Bonchev–Trinajstić information content (AvgIpc) is 2.38. The Balaban J connectivity index is 2.48. The monoisotopic (exact) mass is 314 g/mol. The van der Waals surface area contributed by atoms with E-state index in [1.54, 1.807) is 0 Å². The van der Waals surface area contributed by atoms with E-state index < -0.39 is 5.56 Å². The van der Waals surface area contributed by atoms with Crippen molar-refractivity contribution in [3.05, 3.63) is 61.2 Å². The predicted molar refractivity (Wildman–Crippen MR) is 74.9 cm³/mol. The van der Waals surface area contributed by atoms with Crippen molar-refractivity contribution >= 4 is 40.5 Å². The van der Waals surface area contributed by atoms with Crippen LogP contribution in [0.25, 0.3) is 4.85 Å². The molecule has 0 saturated heterocycles. The van der Waals surface area contributed by atoms with Gasteiger partial charge in [0.1, 0.15) is 10.8 Å². The molecule has 0 radical (unpaired) electrons. The molecule has 0 unspecified atom stereocenters. The molecular formula is C12H5Cl3N2O2. The van der Waals surface area contributed by atoms with Crippen LogP contribution < -0.4 is 10.3 Å². The van der Waals surface area contributed by atoms with Gasteiger partial charge in [-0.3, -0.25) is 4.79 Å². The van der Waals surface area contributed by atoms with E-state index in [-0.39, 0.29) is 27.2 Å². The van der Waals surface area contributed by atoms with Crippen molar-refractivity contribution < 1.29 is 4.74 Å². The summed E-state index contributed by atoms with van der Waals surface area (Å²) in [6, 6.07) is 4.38. The number of rotatable bonds is 2. The Hall–Kier alpha value is -1.67. The lowest BCUT2D eigenvalue weighted by atomic mass is 10.3. The van der Waals surface area contributed by atoms with Crippen LogP contribution in [0.4, 0.5) is 5.69 Å². The molecule has 0 amide bonds. The molecule has 0 fully saturated rings. The van der Waals surface area contributed by atoms with Gasteiger partial charge in [-0.05, 0) is 18.2 Å². The molecule has 0 spiro atoms. The first-order chi connectivity index (χ1) is 9.01. The highest BCUT2D eigenvalue weighted by Crippen LogP contribution is 2.33. The lowest BCUT2D eigenvalue weighted by Gasteiger charge is -2.08. The number of halogens is 3. The summed E-state index contributed by atoms with van der Waals surface area (Å²) in [5, 5.41) is 0.469. The summed E-state index contributed by atoms with van der Waals surface area (Å²) >= 11 is 17.5. The normalized spacial score (nSPS) is 10.0. The van der Waals surface area contributed by atoms with Crippen LogP contribution in [0.5, 0.6) is 11.5 Å². The molecule has 19 heavy (non-hydrogen) atoms. The average molecular weight is 316 g/mol. The summed E-state index contributed by atoms with van der Waals surface area (Å²) in [6.45, 7) is 6.93. The zero-order chi connectivity index (χ0) is 14.0. The van der Waals surface area contributed by atoms with Gasteiger partial charge >= 0.3 is 0 Å². The molecule has 0 aliphatic rings. The van der Waals surface area contributed by atoms with Crippen molar-refractivity contribution in [2.45, 2.75) is 0 Å². The largest absolute Gasteiger partial charge is 0.451 e. The van der Waals surface area contributed by atoms with Crippen LogP contribution >= 0.6 is 34.8 Å². The van der Waals surface area contributed by atoms with Crippen LogP contribution in [-0.2, 0) is 0 Å². The quantitative estimate of drug-likeness (QED) is 0.818. The summed E-state index contributed by atoms with van der Waals surface area (Å²) in [5.41, 5.74) is -0.240. The molecule has 0 aliphatic carbocycles. The van der Waals surface area contributed by atoms with Gasteiger partial charge in [0.05, 0.1) is 11.6 Å². The molecule has 1 N–H and O–H groups in total. The Morgan fingerprint density at radius 1 is 1.21 bits per heavy atom. The molecule has 0 aliphatic heterocycles. The van der Waals surface area contributed by atoms with E-state index in [1.807, 2.05) is 0 Å². The van der Waals surface area contributed by atoms with Crippen LogP contribution in [0.2, 0.25) is 15.1 Å². The molecule has 1 heterocycles. The number of ether oxygens (including phenoxy) is 1. The van der Waals surface area contributed by atoms with Gasteiger partial charge in [-0.25, -0.2) is 4.85 Å². The van der Waals surface area contributed by atoms with Gasteiger partial charge in [0.25, 0.3) is 5.56 Å². The minimum atomic E-state index is -0.529. The van der Waals surface area contributed by atoms with Crippen molar-refractivity contribution in [3.63, 3.8) is 0 Å². The number of nitrogens with zero attached hydrogens (tertiary/aromatic N) is 1. The highest BCUT2D eigenvalue weighted by Gasteiger charge is 2.12. The van der Waals surface area contributed by atoms with Crippen LogP contribution in [-0.4, -0.2) is 4.98 Å². The van der Waals surface area contributed by atoms with E-state index >= 15 is 0 Å². The number of hydrogen-bond acceptors (Lipinski definition) is 2. The number of aromatic nitrogens is 1. The molecule has 0 bridgehead atoms. The Morgan fingerprint density at radius 3 is 2.63 bits per heavy atom. The van der Waals surface area contributed by atoms with Crippen LogP contribution in [0.15, 0.2) is 29.2 Å². The lowest BCUT2D eigenvalue weighted by molar-refractivity contribution is 0.475. The van der Waals surface area contributed by atoms with E-state index in [0.29, 0.717) is 5.02 Å². The van der Waals surface area contributed by atoms with Gasteiger partial charge in [0.15, 0.2) is 5.69 Å². The van der Waals surface area contributed by atoms with Crippen molar-refractivity contribution in [3.8, 4) is 11.5 Å². The van der Waals surface area contributed by atoms with Gasteiger partial charge in [-0.2, -0.15) is 0 Å². The molecule has 0 saturated carbocycles. The second-order valence-corrected chi connectivity index (χ2v) is 4.69. The fourth-order valence-corrected chi connectivity index (χ4v) is 1.89. The third kappa shape index (κ3) is 3.02. The third-order valence-corrected chi connectivity index (χ3v) is 3.14. The predicted octanol–water partition coefficient (Wildman–Crippen LogP) is 4.68. The standard InChI is InChI=1S/C12H5Cl3N2O2/c1-16-7-2-6(13)3-8(4-7)19-11-10(15)9(14)5-17-12(11)18/h2-5H,(H,17,18). The molecule has 7 heteroatoms. The lowest BCUT2D eigenvalue weighted by Crippen LogP contribution is -2.08. The highest BCUT2D eigenvalue weighted by molar-refractivity contribution is 6.42. The summed E-state index contributed by atoms with van der Waals surface area (Å²) in [5.74, 6) is 0.0838. The number of hydrogen-bond donors (Lipinski definition) is 1. The summed E-state index contributed by atoms with van der Waals surface area (Å²) in [7, 11) is 0. The Labute approximate surface area is 123 Å². The summed E-state index contributed by atoms with van der Waals surface area (Å²) < 4.78 is 5.36. The second kappa shape index (κ2) is 5.54. The van der Waals surface area contributed by atoms with Gasteiger partial charge in [-0.1, -0.05) is 34.8 Å². The van der Waals surface area contributed by atoms with Crippen molar-refractivity contribution in [2.24, 2.45) is 0 Å². The maximum Gasteiger partial charge on any atom is 0.292 e. The smallest absolute Gasteiger partial charge is 0.292 e. The summed E-state index contributed by atoms with van der Waals surface area (Å²) in [6.07, 6.45) is 1.27. The van der Waals surface area contributed by atoms with Gasteiger partial charge < -0.3 is 9.72 Å². The van der Waals surface area contributed by atoms with Crippen LogP contribution in [0.3, 0.4) is 0 Å². The second-order valence-electron chi connectivity index (χ2n) is 3.47. The minimum Gasteiger partial charge on any atom is -0.451 e. The first-order valence-corrected chi connectivity index (χ1v) is 6.07. The molecule has 96 valence electrons. The maximum atomic E-state index is 11.6. The van der Waals surface area contributed by atoms with Crippen LogP contribution in [0.1, 0.15) is 0 Å².